The highest BCUT2D eigenvalue weighted by atomic mass is 16.5. The van der Waals surface area contributed by atoms with Gasteiger partial charge in [0.1, 0.15) is 17.5 Å². The first-order valence-electron chi connectivity index (χ1n) is 7.75. The number of nitrogens with zero attached hydrogens (tertiary/aromatic N) is 3. The maximum atomic E-state index is 5.32. The van der Waals surface area contributed by atoms with E-state index in [-0.39, 0.29) is 0 Å². The van der Waals surface area contributed by atoms with Crippen LogP contribution in [-0.2, 0) is 0 Å². The molecule has 0 radical (unpaired) electrons. The Bertz CT molecular complexity index is 676. The van der Waals surface area contributed by atoms with Gasteiger partial charge in [0.05, 0.1) is 14.2 Å². The molecule has 2 aromatic rings. The number of rotatable bonds is 8. The van der Waals surface area contributed by atoms with Crippen LogP contribution in [-0.4, -0.2) is 56.3 Å². The first-order chi connectivity index (χ1) is 11.5. The van der Waals surface area contributed by atoms with Crippen molar-refractivity contribution in [2.45, 2.75) is 6.92 Å². The van der Waals surface area contributed by atoms with E-state index in [1.165, 1.54) is 0 Å². The van der Waals surface area contributed by atoms with Gasteiger partial charge in [-0.2, -0.15) is 0 Å². The van der Waals surface area contributed by atoms with Crippen molar-refractivity contribution < 1.29 is 9.47 Å². The third kappa shape index (κ3) is 4.99. The predicted octanol–water partition coefficient (Wildman–Crippen LogP) is 2.52. The van der Waals surface area contributed by atoms with E-state index in [9.17, 15) is 0 Å². The van der Waals surface area contributed by atoms with Gasteiger partial charge in [0, 0.05) is 30.9 Å². The van der Waals surface area contributed by atoms with Crippen LogP contribution in [0.4, 0.5) is 17.3 Å². The van der Waals surface area contributed by atoms with Gasteiger partial charge >= 0.3 is 0 Å². The Morgan fingerprint density at radius 2 is 1.71 bits per heavy atom. The number of aromatic nitrogens is 2. The lowest BCUT2D eigenvalue weighted by molar-refractivity contribution is 0.355. The van der Waals surface area contributed by atoms with Gasteiger partial charge in [-0.1, -0.05) is 0 Å². The van der Waals surface area contributed by atoms with Crippen molar-refractivity contribution in [1.29, 1.82) is 0 Å². The van der Waals surface area contributed by atoms with Crippen LogP contribution in [0.15, 0.2) is 24.3 Å². The fraction of sp³-hybridized carbons (Fsp3) is 0.412. The highest BCUT2D eigenvalue weighted by Crippen LogP contribution is 2.31. The second-order valence-electron chi connectivity index (χ2n) is 5.61. The van der Waals surface area contributed by atoms with E-state index in [0.29, 0.717) is 17.3 Å². The van der Waals surface area contributed by atoms with E-state index in [4.69, 9.17) is 9.47 Å². The molecule has 0 atom stereocenters. The molecule has 1 aromatic carbocycles. The third-order valence-electron chi connectivity index (χ3n) is 3.36. The summed E-state index contributed by atoms with van der Waals surface area (Å²) in [4.78, 5) is 10.9. The van der Waals surface area contributed by atoms with Gasteiger partial charge in [0.15, 0.2) is 11.5 Å². The zero-order chi connectivity index (χ0) is 17.5. The lowest BCUT2D eigenvalue weighted by Gasteiger charge is -2.13. The summed E-state index contributed by atoms with van der Waals surface area (Å²) in [5.74, 6) is 3.58. The van der Waals surface area contributed by atoms with E-state index in [1.54, 1.807) is 14.2 Å². The van der Waals surface area contributed by atoms with E-state index in [0.717, 1.165) is 30.4 Å². The smallest absolute Gasteiger partial charge is 0.162 e. The van der Waals surface area contributed by atoms with Crippen LogP contribution in [0.1, 0.15) is 5.82 Å². The van der Waals surface area contributed by atoms with E-state index < -0.39 is 0 Å². The average Bonchev–Trinajstić information content (AvgIpc) is 2.53. The Kier molecular flexibility index (Phi) is 6.20. The number of ether oxygens (including phenoxy) is 2. The summed E-state index contributed by atoms with van der Waals surface area (Å²) < 4.78 is 10.6. The zero-order valence-corrected chi connectivity index (χ0v) is 14.9. The van der Waals surface area contributed by atoms with Crippen molar-refractivity contribution in [3.63, 3.8) is 0 Å². The molecule has 1 aromatic heterocycles. The van der Waals surface area contributed by atoms with Gasteiger partial charge in [0.2, 0.25) is 0 Å². The number of hydrogen-bond donors (Lipinski definition) is 2. The molecule has 2 rings (SSSR count). The topological polar surface area (TPSA) is 71.5 Å². The summed E-state index contributed by atoms with van der Waals surface area (Å²) >= 11 is 0. The summed E-state index contributed by atoms with van der Waals surface area (Å²) in [6, 6.07) is 7.53. The minimum atomic E-state index is 0.664. The Morgan fingerprint density at radius 1 is 1.00 bits per heavy atom. The van der Waals surface area contributed by atoms with Gasteiger partial charge in [-0.05, 0) is 33.2 Å². The molecule has 7 heteroatoms. The number of benzene rings is 1. The van der Waals surface area contributed by atoms with Gasteiger partial charge < -0.3 is 25.0 Å². The van der Waals surface area contributed by atoms with Crippen LogP contribution in [0.3, 0.4) is 0 Å². The van der Waals surface area contributed by atoms with Crippen molar-refractivity contribution >= 4 is 17.3 Å². The highest BCUT2D eigenvalue weighted by Gasteiger charge is 2.07. The number of methoxy groups -OCH3 is 2. The normalized spacial score (nSPS) is 10.6. The van der Waals surface area contributed by atoms with Crippen LogP contribution >= 0.6 is 0 Å². The van der Waals surface area contributed by atoms with Crippen LogP contribution in [0.2, 0.25) is 0 Å². The van der Waals surface area contributed by atoms with Gasteiger partial charge in [-0.25, -0.2) is 9.97 Å². The fourth-order valence-electron chi connectivity index (χ4n) is 2.19. The lowest BCUT2D eigenvalue weighted by Crippen LogP contribution is -2.21. The van der Waals surface area contributed by atoms with Gasteiger partial charge in [-0.3, -0.25) is 0 Å². The minimum absolute atomic E-state index is 0.664. The number of hydrogen-bond acceptors (Lipinski definition) is 7. The predicted molar refractivity (Wildman–Crippen MR) is 96.6 cm³/mol. The summed E-state index contributed by atoms with van der Waals surface area (Å²) in [5.41, 5.74) is 0.866. The summed E-state index contributed by atoms with van der Waals surface area (Å²) in [6.07, 6.45) is 0. The first-order valence-corrected chi connectivity index (χ1v) is 7.75. The molecular formula is C17H25N5O2. The average molecular weight is 331 g/mol. The molecular weight excluding hydrogens is 306 g/mol. The molecule has 0 amide bonds. The van der Waals surface area contributed by atoms with Crippen molar-refractivity contribution in [3.8, 4) is 11.5 Å². The van der Waals surface area contributed by atoms with E-state index in [1.807, 2.05) is 45.3 Å². The molecule has 0 spiro atoms. The Balaban J connectivity index is 2.13. The molecule has 0 saturated heterocycles. The Labute approximate surface area is 143 Å². The molecule has 7 nitrogen and oxygen atoms in total. The van der Waals surface area contributed by atoms with Crippen molar-refractivity contribution in [3.05, 3.63) is 30.1 Å². The monoisotopic (exact) mass is 331 g/mol. The lowest BCUT2D eigenvalue weighted by atomic mass is 10.2. The molecule has 0 aliphatic rings. The van der Waals surface area contributed by atoms with Crippen LogP contribution < -0.4 is 20.1 Å². The Morgan fingerprint density at radius 3 is 2.38 bits per heavy atom. The SMILES string of the molecule is COc1ccc(Nc2cc(NCCN(C)C)nc(C)n2)cc1OC. The molecule has 24 heavy (non-hydrogen) atoms. The summed E-state index contributed by atoms with van der Waals surface area (Å²) in [6.45, 7) is 3.62. The molecule has 0 saturated carbocycles. The van der Waals surface area contributed by atoms with Crippen molar-refractivity contribution in [2.75, 3.05) is 52.0 Å². The van der Waals surface area contributed by atoms with Crippen molar-refractivity contribution in [1.82, 2.24) is 14.9 Å². The zero-order valence-electron chi connectivity index (χ0n) is 14.9. The molecule has 2 N–H and O–H groups in total. The van der Waals surface area contributed by atoms with Crippen LogP contribution in [0, 0.1) is 6.92 Å². The minimum Gasteiger partial charge on any atom is -0.493 e. The molecule has 0 fully saturated rings. The fourth-order valence-corrected chi connectivity index (χ4v) is 2.19. The standard InChI is InChI=1S/C17H25N5O2/c1-12-19-16(18-8-9-22(2)3)11-17(20-12)21-13-6-7-14(23-4)15(10-13)24-5/h6-7,10-11H,8-9H2,1-5H3,(H2,18,19,20,21). The highest BCUT2D eigenvalue weighted by molar-refractivity contribution is 5.63. The second kappa shape index (κ2) is 8.35. The largest absolute Gasteiger partial charge is 0.493 e. The molecule has 0 aliphatic heterocycles. The molecule has 130 valence electrons. The quantitative estimate of drug-likeness (QED) is 0.770. The molecule has 1 heterocycles. The number of nitrogens with one attached hydrogen (secondary N) is 2. The number of likely N-dealkylation sites (N-methyl/N-ethyl adjacent to an activating group) is 1. The maximum absolute atomic E-state index is 5.32. The number of anilines is 3. The Hall–Kier alpha value is -2.54. The van der Waals surface area contributed by atoms with Crippen LogP contribution in [0.5, 0.6) is 11.5 Å². The summed E-state index contributed by atoms with van der Waals surface area (Å²) in [5, 5.41) is 6.58. The molecule has 0 aliphatic carbocycles. The molecule has 0 unspecified atom stereocenters. The maximum Gasteiger partial charge on any atom is 0.162 e. The third-order valence-corrected chi connectivity index (χ3v) is 3.36. The van der Waals surface area contributed by atoms with Gasteiger partial charge in [-0.15, -0.1) is 0 Å². The van der Waals surface area contributed by atoms with Gasteiger partial charge in [0.25, 0.3) is 0 Å². The first kappa shape index (κ1) is 17.8. The van der Waals surface area contributed by atoms with E-state index in [2.05, 4.69) is 25.5 Å². The van der Waals surface area contributed by atoms with Crippen LogP contribution in [0.25, 0.3) is 0 Å². The van der Waals surface area contributed by atoms with E-state index >= 15 is 0 Å². The second-order valence-corrected chi connectivity index (χ2v) is 5.61. The molecule has 0 bridgehead atoms. The van der Waals surface area contributed by atoms with Crippen molar-refractivity contribution in [2.24, 2.45) is 0 Å². The number of aryl methyl sites for hydroxylation is 1. The summed E-state index contributed by atoms with van der Waals surface area (Å²) in [7, 11) is 7.31.